The van der Waals surface area contributed by atoms with E-state index in [0.717, 1.165) is 28.2 Å². The summed E-state index contributed by atoms with van der Waals surface area (Å²) in [5.41, 5.74) is 0.672. The topological polar surface area (TPSA) is 85.8 Å². The van der Waals surface area contributed by atoms with Crippen LogP contribution in [0.15, 0.2) is 52.3 Å². The molecule has 2 heterocycles. The summed E-state index contributed by atoms with van der Waals surface area (Å²) in [4.78, 5) is 20.7. The molecule has 1 aliphatic rings. The molecular formula is C22H24N2O5S3. The number of benzene rings is 2. The third-order valence-electron chi connectivity index (χ3n) is 5.14. The maximum atomic E-state index is 13.2. The Morgan fingerprint density at radius 3 is 2.72 bits per heavy atom. The standard InChI is InChI=1S/C22H24N2O5S3/c1-28-15-5-7-17(8-6-15)30-14-21(25)24(13-16-4-3-11-29-16)22-23-19-10-9-18(32(2,26)27)12-20(19)31-22/h5-10,12,16H,3-4,11,13-14H2,1-2H3. The molecule has 32 heavy (non-hydrogen) atoms. The maximum absolute atomic E-state index is 13.2. The van der Waals surface area contributed by atoms with Crippen molar-refractivity contribution in [2.24, 2.45) is 0 Å². The molecule has 1 amide bonds. The van der Waals surface area contributed by atoms with E-state index in [9.17, 15) is 13.2 Å². The number of sulfone groups is 1. The first-order valence-electron chi connectivity index (χ1n) is 10.1. The molecule has 1 atom stereocenters. The number of hydrogen-bond donors (Lipinski definition) is 0. The Labute approximate surface area is 195 Å². The predicted octanol–water partition coefficient (Wildman–Crippen LogP) is 4.01. The monoisotopic (exact) mass is 492 g/mol. The summed E-state index contributed by atoms with van der Waals surface area (Å²) in [6.45, 7) is 1.13. The average Bonchev–Trinajstić information content (AvgIpc) is 3.44. The lowest BCUT2D eigenvalue weighted by atomic mass is 10.2. The summed E-state index contributed by atoms with van der Waals surface area (Å²) < 4.78 is 35.5. The van der Waals surface area contributed by atoms with Gasteiger partial charge in [0.15, 0.2) is 15.0 Å². The first-order valence-corrected chi connectivity index (χ1v) is 13.8. The fourth-order valence-corrected chi connectivity index (χ4v) is 5.94. The highest BCUT2D eigenvalue weighted by Gasteiger charge is 2.26. The van der Waals surface area contributed by atoms with Crippen molar-refractivity contribution in [2.45, 2.75) is 28.7 Å². The van der Waals surface area contributed by atoms with Crippen LogP contribution in [-0.2, 0) is 19.4 Å². The van der Waals surface area contributed by atoms with Gasteiger partial charge < -0.3 is 9.47 Å². The highest BCUT2D eigenvalue weighted by molar-refractivity contribution is 8.00. The van der Waals surface area contributed by atoms with E-state index in [2.05, 4.69) is 4.98 Å². The van der Waals surface area contributed by atoms with Gasteiger partial charge in [0.1, 0.15) is 5.75 Å². The first-order chi connectivity index (χ1) is 15.3. The lowest BCUT2D eigenvalue weighted by Gasteiger charge is -2.23. The Morgan fingerprint density at radius 2 is 2.06 bits per heavy atom. The Morgan fingerprint density at radius 1 is 1.28 bits per heavy atom. The first kappa shape index (κ1) is 23.0. The van der Waals surface area contributed by atoms with Crippen LogP contribution in [-0.4, -0.2) is 57.7 Å². The van der Waals surface area contributed by atoms with Crippen molar-refractivity contribution in [1.82, 2.24) is 4.98 Å². The van der Waals surface area contributed by atoms with Crippen LogP contribution in [0.4, 0.5) is 5.13 Å². The smallest absolute Gasteiger partial charge is 0.239 e. The third kappa shape index (κ3) is 5.43. The van der Waals surface area contributed by atoms with Gasteiger partial charge in [0, 0.05) is 17.8 Å². The van der Waals surface area contributed by atoms with Crippen LogP contribution in [0.1, 0.15) is 12.8 Å². The van der Waals surface area contributed by atoms with E-state index in [1.54, 1.807) is 30.2 Å². The van der Waals surface area contributed by atoms with Gasteiger partial charge in [-0.25, -0.2) is 13.4 Å². The number of aromatic nitrogens is 1. The minimum atomic E-state index is -3.32. The van der Waals surface area contributed by atoms with Gasteiger partial charge in [-0.15, -0.1) is 11.8 Å². The SMILES string of the molecule is COc1ccc(SCC(=O)N(CC2CCCO2)c2nc3ccc(S(C)(=O)=O)cc3s2)cc1. The number of methoxy groups -OCH3 is 1. The molecule has 170 valence electrons. The molecule has 1 aromatic heterocycles. The van der Waals surface area contributed by atoms with Gasteiger partial charge in [0.25, 0.3) is 0 Å². The number of anilines is 1. The molecule has 0 aliphatic carbocycles. The second-order valence-electron chi connectivity index (χ2n) is 7.50. The molecule has 1 fully saturated rings. The summed E-state index contributed by atoms with van der Waals surface area (Å²) in [5.74, 6) is 0.955. The number of thiazole rings is 1. The number of ether oxygens (including phenoxy) is 2. The van der Waals surface area contributed by atoms with Gasteiger partial charge in [-0.2, -0.15) is 0 Å². The molecule has 4 rings (SSSR count). The van der Waals surface area contributed by atoms with Crippen LogP contribution in [0.25, 0.3) is 10.2 Å². The van der Waals surface area contributed by atoms with Gasteiger partial charge in [0.05, 0.1) is 40.6 Å². The van der Waals surface area contributed by atoms with E-state index in [4.69, 9.17) is 9.47 Å². The number of fused-ring (bicyclic) bond motifs is 1. The number of amides is 1. The largest absolute Gasteiger partial charge is 0.497 e. The van der Waals surface area contributed by atoms with Crippen molar-refractivity contribution in [3.63, 3.8) is 0 Å². The molecule has 0 saturated carbocycles. The zero-order valence-electron chi connectivity index (χ0n) is 17.8. The highest BCUT2D eigenvalue weighted by Crippen LogP contribution is 2.32. The molecule has 10 heteroatoms. The minimum absolute atomic E-state index is 0.0245. The van der Waals surface area contributed by atoms with E-state index in [-0.39, 0.29) is 22.7 Å². The van der Waals surface area contributed by atoms with Crippen LogP contribution in [0.5, 0.6) is 5.75 Å². The van der Waals surface area contributed by atoms with E-state index in [1.807, 2.05) is 24.3 Å². The van der Waals surface area contributed by atoms with Gasteiger partial charge in [-0.3, -0.25) is 9.69 Å². The van der Waals surface area contributed by atoms with Crippen LogP contribution < -0.4 is 9.64 Å². The maximum Gasteiger partial charge on any atom is 0.239 e. The van der Waals surface area contributed by atoms with E-state index in [0.29, 0.717) is 23.8 Å². The molecule has 0 bridgehead atoms. The van der Waals surface area contributed by atoms with Crippen molar-refractivity contribution in [3.05, 3.63) is 42.5 Å². The fraction of sp³-hybridized carbons (Fsp3) is 0.364. The number of nitrogens with zero attached hydrogens (tertiary/aromatic N) is 2. The normalized spacial score (nSPS) is 16.4. The Balaban J connectivity index is 1.57. The predicted molar refractivity (Wildman–Crippen MR) is 128 cm³/mol. The molecule has 1 unspecified atom stereocenters. The van der Waals surface area contributed by atoms with Crippen LogP contribution in [0, 0.1) is 0 Å². The summed E-state index contributed by atoms with van der Waals surface area (Å²) in [6.07, 6.45) is 3.03. The lowest BCUT2D eigenvalue weighted by molar-refractivity contribution is -0.116. The van der Waals surface area contributed by atoms with Crippen molar-refractivity contribution in [1.29, 1.82) is 0 Å². The summed E-state index contributed by atoms with van der Waals surface area (Å²) in [5, 5.41) is 0.557. The Hall–Kier alpha value is -2.14. The van der Waals surface area contributed by atoms with Gasteiger partial charge in [0.2, 0.25) is 5.91 Å². The van der Waals surface area contributed by atoms with Crippen molar-refractivity contribution in [3.8, 4) is 5.75 Å². The van der Waals surface area contributed by atoms with E-state index >= 15 is 0 Å². The molecule has 2 aromatic carbocycles. The van der Waals surface area contributed by atoms with E-state index < -0.39 is 9.84 Å². The number of thioether (sulfide) groups is 1. The number of rotatable bonds is 8. The molecule has 3 aromatic rings. The zero-order chi connectivity index (χ0) is 22.7. The average molecular weight is 493 g/mol. The Kier molecular flexibility index (Phi) is 7.04. The van der Waals surface area contributed by atoms with Gasteiger partial charge in [-0.1, -0.05) is 11.3 Å². The van der Waals surface area contributed by atoms with E-state index in [1.165, 1.54) is 29.4 Å². The molecule has 1 aliphatic heterocycles. The second-order valence-corrected chi connectivity index (χ2v) is 11.6. The third-order valence-corrected chi connectivity index (χ3v) is 8.29. The molecular weight excluding hydrogens is 468 g/mol. The molecule has 1 saturated heterocycles. The van der Waals surface area contributed by atoms with Crippen LogP contribution in [0.3, 0.4) is 0 Å². The quantitative estimate of drug-likeness (QED) is 0.439. The number of carbonyl (C=O) groups is 1. The van der Waals surface area contributed by atoms with Gasteiger partial charge >= 0.3 is 0 Å². The molecule has 0 spiro atoms. The van der Waals surface area contributed by atoms with Crippen molar-refractivity contribution in [2.75, 3.05) is 37.2 Å². The summed E-state index contributed by atoms with van der Waals surface area (Å²) in [6, 6.07) is 12.4. The fourth-order valence-electron chi connectivity index (χ4n) is 3.41. The van der Waals surface area contributed by atoms with Crippen LogP contribution in [0.2, 0.25) is 0 Å². The van der Waals surface area contributed by atoms with Gasteiger partial charge in [-0.05, 0) is 55.3 Å². The minimum Gasteiger partial charge on any atom is -0.497 e. The van der Waals surface area contributed by atoms with Crippen molar-refractivity contribution < 1.29 is 22.7 Å². The number of hydrogen-bond acceptors (Lipinski definition) is 8. The summed E-state index contributed by atoms with van der Waals surface area (Å²) >= 11 is 2.77. The van der Waals surface area contributed by atoms with Crippen molar-refractivity contribution >= 4 is 54.2 Å². The molecule has 0 N–H and O–H groups in total. The van der Waals surface area contributed by atoms with Crippen LogP contribution >= 0.6 is 23.1 Å². The Bertz CT molecular complexity index is 1200. The zero-order valence-corrected chi connectivity index (χ0v) is 20.3. The number of carbonyl (C=O) groups excluding carboxylic acids is 1. The highest BCUT2D eigenvalue weighted by atomic mass is 32.2. The molecule has 7 nitrogen and oxygen atoms in total. The second kappa shape index (κ2) is 9.78. The lowest BCUT2D eigenvalue weighted by Crippen LogP contribution is -2.38. The summed E-state index contributed by atoms with van der Waals surface area (Å²) in [7, 11) is -1.70. The molecule has 0 radical (unpaired) electrons.